The first kappa shape index (κ1) is 17.8. The second kappa shape index (κ2) is 7.64. The molecule has 2 unspecified atom stereocenters. The Kier molecular flexibility index (Phi) is 6.79. The maximum atomic E-state index is 11.3. The van der Waals surface area contributed by atoms with Crippen molar-refractivity contribution in [2.75, 3.05) is 6.26 Å². The summed E-state index contributed by atoms with van der Waals surface area (Å²) in [6, 6.07) is 5.27. The van der Waals surface area contributed by atoms with Crippen molar-refractivity contribution < 1.29 is 12.6 Å². The zero-order valence-corrected chi connectivity index (χ0v) is 14.2. The lowest BCUT2D eigenvalue weighted by Gasteiger charge is -2.24. The molecule has 0 spiro atoms. The first-order valence-electron chi connectivity index (χ1n) is 6.57. The molecular formula is C14H20Cl2O3S. The lowest BCUT2D eigenvalue weighted by atomic mass is 9.89. The number of hydrogen-bond donors (Lipinski definition) is 0. The van der Waals surface area contributed by atoms with Gasteiger partial charge in [0.1, 0.15) is 0 Å². The summed E-state index contributed by atoms with van der Waals surface area (Å²) in [5.41, 5.74) is 0.876. The summed E-state index contributed by atoms with van der Waals surface area (Å²) in [5, 5.41) is 1.10. The van der Waals surface area contributed by atoms with Crippen LogP contribution in [0.4, 0.5) is 0 Å². The average Bonchev–Trinajstić information content (AvgIpc) is 2.29. The monoisotopic (exact) mass is 338 g/mol. The van der Waals surface area contributed by atoms with Crippen molar-refractivity contribution in [2.24, 2.45) is 0 Å². The molecule has 2 atom stereocenters. The molecule has 0 aliphatic rings. The maximum absolute atomic E-state index is 11.3. The van der Waals surface area contributed by atoms with E-state index in [0.717, 1.165) is 31.1 Å². The van der Waals surface area contributed by atoms with Gasteiger partial charge in [-0.15, -0.1) is 0 Å². The summed E-state index contributed by atoms with van der Waals surface area (Å²) >= 11 is 12.1. The third-order valence-electron chi connectivity index (χ3n) is 3.12. The quantitative estimate of drug-likeness (QED) is 0.680. The molecule has 1 aromatic rings. The van der Waals surface area contributed by atoms with Crippen LogP contribution in [0.25, 0.3) is 0 Å². The van der Waals surface area contributed by atoms with E-state index in [1.807, 2.05) is 6.07 Å². The van der Waals surface area contributed by atoms with Crippen molar-refractivity contribution in [1.82, 2.24) is 0 Å². The molecule has 0 amide bonds. The number of rotatable bonds is 7. The summed E-state index contributed by atoms with van der Waals surface area (Å²) in [5.74, 6) is -0.0746. The van der Waals surface area contributed by atoms with E-state index in [4.69, 9.17) is 27.4 Å². The number of benzene rings is 1. The molecule has 1 aromatic carbocycles. The molecule has 0 bridgehead atoms. The molecule has 6 heteroatoms. The Bertz CT molecular complexity index is 543. The molecule has 0 fully saturated rings. The number of hydrogen-bond acceptors (Lipinski definition) is 3. The predicted octanol–water partition coefficient (Wildman–Crippen LogP) is 4.63. The van der Waals surface area contributed by atoms with Crippen molar-refractivity contribution in [3.05, 3.63) is 33.8 Å². The van der Waals surface area contributed by atoms with Crippen molar-refractivity contribution in [2.45, 2.75) is 45.1 Å². The topological polar surface area (TPSA) is 43.4 Å². The predicted molar refractivity (Wildman–Crippen MR) is 84.1 cm³/mol. The van der Waals surface area contributed by atoms with Crippen LogP contribution in [0.1, 0.15) is 44.6 Å². The van der Waals surface area contributed by atoms with E-state index in [-0.39, 0.29) is 5.92 Å². The van der Waals surface area contributed by atoms with Crippen LogP contribution in [0.2, 0.25) is 10.0 Å². The fourth-order valence-corrected chi connectivity index (χ4v) is 3.45. The van der Waals surface area contributed by atoms with E-state index in [9.17, 15) is 8.42 Å². The van der Waals surface area contributed by atoms with Crippen LogP contribution in [0.5, 0.6) is 0 Å². The van der Waals surface area contributed by atoms with Gasteiger partial charge in [-0.25, -0.2) is 0 Å². The zero-order valence-electron chi connectivity index (χ0n) is 11.9. The van der Waals surface area contributed by atoms with Crippen LogP contribution < -0.4 is 0 Å². The Balaban J connectivity index is 3.04. The highest BCUT2D eigenvalue weighted by Crippen LogP contribution is 2.34. The highest BCUT2D eigenvalue weighted by atomic mass is 35.5. The van der Waals surface area contributed by atoms with Gasteiger partial charge in [-0.1, -0.05) is 49.0 Å². The van der Waals surface area contributed by atoms with E-state index < -0.39 is 16.2 Å². The third-order valence-corrected chi connectivity index (χ3v) is 4.34. The van der Waals surface area contributed by atoms with Gasteiger partial charge in [0.05, 0.1) is 12.4 Å². The van der Waals surface area contributed by atoms with Crippen LogP contribution in [0, 0.1) is 0 Å². The fourth-order valence-electron chi connectivity index (χ4n) is 2.21. The third kappa shape index (κ3) is 5.60. The van der Waals surface area contributed by atoms with Crippen molar-refractivity contribution in [1.29, 1.82) is 0 Å². The smallest absolute Gasteiger partial charge is 0.264 e. The van der Waals surface area contributed by atoms with E-state index in [1.54, 1.807) is 19.1 Å². The minimum atomic E-state index is -3.49. The molecule has 1 rings (SSSR count). The largest absolute Gasteiger partial charge is 0.267 e. The highest BCUT2D eigenvalue weighted by Gasteiger charge is 2.25. The summed E-state index contributed by atoms with van der Waals surface area (Å²) in [6.45, 7) is 3.84. The van der Waals surface area contributed by atoms with E-state index in [1.165, 1.54) is 0 Å². The van der Waals surface area contributed by atoms with Crippen molar-refractivity contribution >= 4 is 33.3 Å². The van der Waals surface area contributed by atoms with Crippen molar-refractivity contribution in [3.8, 4) is 0 Å². The second-order valence-corrected chi connectivity index (χ2v) is 7.36. The molecule has 0 aromatic heterocycles. The van der Waals surface area contributed by atoms with Crippen molar-refractivity contribution in [3.63, 3.8) is 0 Å². The van der Waals surface area contributed by atoms with Gasteiger partial charge >= 0.3 is 0 Å². The molecule has 0 heterocycles. The maximum Gasteiger partial charge on any atom is 0.264 e. The minimum absolute atomic E-state index is 0.0746. The van der Waals surface area contributed by atoms with E-state index in [2.05, 4.69) is 6.92 Å². The zero-order chi connectivity index (χ0) is 15.3. The Morgan fingerprint density at radius 1 is 1.30 bits per heavy atom. The van der Waals surface area contributed by atoms with Gasteiger partial charge < -0.3 is 0 Å². The van der Waals surface area contributed by atoms with Gasteiger partial charge in [0, 0.05) is 16.0 Å². The van der Waals surface area contributed by atoms with Crippen LogP contribution >= 0.6 is 23.2 Å². The number of halogens is 2. The van der Waals surface area contributed by atoms with Crippen LogP contribution in [0.15, 0.2) is 18.2 Å². The molecule has 0 saturated heterocycles. The van der Waals surface area contributed by atoms with Gasteiger partial charge in [0.25, 0.3) is 10.1 Å². The van der Waals surface area contributed by atoms with Gasteiger partial charge in [0.2, 0.25) is 0 Å². The normalized spacial score (nSPS) is 15.1. The first-order valence-corrected chi connectivity index (χ1v) is 9.15. The molecular weight excluding hydrogens is 319 g/mol. The molecule has 0 saturated carbocycles. The summed E-state index contributed by atoms with van der Waals surface area (Å²) < 4.78 is 27.7. The van der Waals surface area contributed by atoms with Crippen LogP contribution in [0.3, 0.4) is 0 Å². The van der Waals surface area contributed by atoms with Crippen LogP contribution in [-0.4, -0.2) is 20.8 Å². The molecule has 0 N–H and O–H groups in total. The van der Waals surface area contributed by atoms with E-state index in [0.29, 0.717) is 10.0 Å². The minimum Gasteiger partial charge on any atom is -0.267 e. The SMILES string of the molecule is CCCCC(c1ccc(Cl)cc1Cl)C(C)OS(C)(=O)=O. The van der Waals surface area contributed by atoms with Gasteiger partial charge in [0.15, 0.2) is 0 Å². The average molecular weight is 339 g/mol. The molecule has 3 nitrogen and oxygen atoms in total. The lowest BCUT2D eigenvalue weighted by Crippen LogP contribution is -2.22. The highest BCUT2D eigenvalue weighted by molar-refractivity contribution is 7.86. The molecule has 0 aliphatic carbocycles. The summed E-state index contributed by atoms with van der Waals surface area (Å²) in [6.07, 6.45) is 3.41. The Morgan fingerprint density at radius 3 is 2.45 bits per heavy atom. The molecule has 114 valence electrons. The number of unbranched alkanes of at least 4 members (excludes halogenated alkanes) is 1. The van der Waals surface area contributed by atoms with Gasteiger partial charge in [-0.2, -0.15) is 8.42 Å². The summed E-state index contributed by atoms with van der Waals surface area (Å²) in [4.78, 5) is 0. The molecule has 0 aliphatic heterocycles. The Hall–Kier alpha value is -0.290. The van der Waals surface area contributed by atoms with Gasteiger partial charge in [-0.05, 0) is 31.0 Å². The standard InChI is InChI=1S/C14H20Cl2O3S/c1-4-5-6-12(10(2)19-20(3,17)18)13-8-7-11(15)9-14(13)16/h7-10,12H,4-6H2,1-3H3. The van der Waals surface area contributed by atoms with Gasteiger partial charge in [-0.3, -0.25) is 4.18 Å². The Labute approximate surface area is 131 Å². The lowest BCUT2D eigenvalue weighted by molar-refractivity contribution is 0.191. The first-order chi connectivity index (χ1) is 9.24. The summed E-state index contributed by atoms with van der Waals surface area (Å²) in [7, 11) is -3.49. The molecule has 20 heavy (non-hydrogen) atoms. The fraction of sp³-hybridized carbons (Fsp3) is 0.571. The second-order valence-electron chi connectivity index (χ2n) is 4.92. The molecule has 0 radical (unpaired) electrons. The van der Waals surface area contributed by atoms with E-state index >= 15 is 0 Å². The Morgan fingerprint density at radius 2 is 1.95 bits per heavy atom. The van der Waals surface area contributed by atoms with Crippen LogP contribution in [-0.2, 0) is 14.3 Å².